The van der Waals surface area contributed by atoms with Crippen LogP contribution >= 0.6 is 0 Å². The van der Waals surface area contributed by atoms with Crippen LogP contribution in [0.1, 0.15) is 41.6 Å². The van der Waals surface area contributed by atoms with Crippen LogP contribution in [-0.2, 0) is 6.18 Å². The van der Waals surface area contributed by atoms with E-state index in [-0.39, 0.29) is 28.8 Å². The molecule has 0 aromatic heterocycles. The molecule has 0 saturated heterocycles. The average Bonchev–Trinajstić information content (AvgIpc) is 2.63. The molecule has 0 aliphatic heterocycles. The van der Waals surface area contributed by atoms with Gasteiger partial charge in [-0.2, -0.15) is 13.2 Å². The summed E-state index contributed by atoms with van der Waals surface area (Å²) in [6, 6.07) is 8.22. The highest BCUT2D eigenvalue weighted by Gasteiger charge is 2.31. The maximum Gasteiger partial charge on any atom is 0.416 e. The molecular formula is C20H20F4N2O. The van der Waals surface area contributed by atoms with Gasteiger partial charge in [-0.05, 0) is 61.1 Å². The zero-order valence-corrected chi connectivity index (χ0v) is 14.5. The zero-order valence-electron chi connectivity index (χ0n) is 14.5. The number of hydrogen-bond donors (Lipinski definition) is 2. The van der Waals surface area contributed by atoms with E-state index in [1.807, 2.05) is 0 Å². The van der Waals surface area contributed by atoms with Crippen molar-refractivity contribution in [2.75, 3.05) is 0 Å². The van der Waals surface area contributed by atoms with E-state index in [2.05, 4.69) is 5.32 Å². The smallest absolute Gasteiger partial charge is 0.349 e. The number of halogens is 4. The van der Waals surface area contributed by atoms with Crippen LogP contribution in [0.5, 0.6) is 0 Å². The van der Waals surface area contributed by atoms with Gasteiger partial charge in [-0.3, -0.25) is 4.79 Å². The number of rotatable bonds is 3. The summed E-state index contributed by atoms with van der Waals surface area (Å²) in [5.41, 5.74) is 5.52. The van der Waals surface area contributed by atoms with Gasteiger partial charge in [0.05, 0.1) is 11.1 Å². The average molecular weight is 380 g/mol. The standard InChI is InChI=1S/C20H20F4N2O/c21-14-4-9-17(12-2-1-3-13(10-12)20(22,23)24)18(11-14)19(27)26-16-7-5-15(25)6-8-16/h1-4,9-11,15-16H,5-8,25H2,(H,26,27). The van der Waals surface area contributed by atoms with E-state index >= 15 is 0 Å². The van der Waals surface area contributed by atoms with E-state index in [1.54, 1.807) is 0 Å². The molecule has 3 nitrogen and oxygen atoms in total. The van der Waals surface area contributed by atoms with Crippen LogP contribution in [0.15, 0.2) is 42.5 Å². The van der Waals surface area contributed by atoms with Crippen LogP contribution in [0.25, 0.3) is 11.1 Å². The molecule has 2 aromatic rings. The lowest BCUT2D eigenvalue weighted by Crippen LogP contribution is -2.40. The van der Waals surface area contributed by atoms with Gasteiger partial charge >= 0.3 is 6.18 Å². The molecule has 0 heterocycles. The van der Waals surface area contributed by atoms with Crippen LogP contribution in [-0.4, -0.2) is 18.0 Å². The zero-order chi connectivity index (χ0) is 19.6. The summed E-state index contributed by atoms with van der Waals surface area (Å²) in [6.45, 7) is 0. The topological polar surface area (TPSA) is 55.1 Å². The molecule has 27 heavy (non-hydrogen) atoms. The van der Waals surface area contributed by atoms with Crippen molar-refractivity contribution >= 4 is 5.91 Å². The fourth-order valence-electron chi connectivity index (χ4n) is 3.35. The first-order valence-corrected chi connectivity index (χ1v) is 8.77. The Morgan fingerprint density at radius 3 is 2.41 bits per heavy atom. The van der Waals surface area contributed by atoms with Crippen LogP contribution in [0.4, 0.5) is 17.6 Å². The molecule has 3 N–H and O–H groups in total. The quantitative estimate of drug-likeness (QED) is 0.770. The SMILES string of the molecule is NC1CCC(NC(=O)c2cc(F)ccc2-c2cccc(C(F)(F)F)c2)CC1. The van der Waals surface area contributed by atoms with Crippen LogP contribution in [0.3, 0.4) is 0 Å². The van der Waals surface area contributed by atoms with E-state index in [1.165, 1.54) is 18.2 Å². The first-order valence-electron chi connectivity index (χ1n) is 8.77. The summed E-state index contributed by atoms with van der Waals surface area (Å²) < 4.78 is 52.7. The highest BCUT2D eigenvalue weighted by atomic mass is 19.4. The van der Waals surface area contributed by atoms with Gasteiger partial charge < -0.3 is 11.1 Å². The number of nitrogens with one attached hydrogen (secondary N) is 1. The molecule has 0 spiro atoms. The molecule has 1 fully saturated rings. The maximum absolute atomic E-state index is 13.7. The monoisotopic (exact) mass is 380 g/mol. The minimum atomic E-state index is -4.50. The van der Waals surface area contributed by atoms with Crippen molar-refractivity contribution in [3.8, 4) is 11.1 Å². The molecule has 0 unspecified atom stereocenters. The third kappa shape index (κ3) is 4.66. The molecule has 144 valence electrons. The molecule has 7 heteroatoms. The van der Waals surface area contributed by atoms with Crippen LogP contribution in [0, 0.1) is 5.82 Å². The highest BCUT2D eigenvalue weighted by Crippen LogP contribution is 2.33. The van der Waals surface area contributed by atoms with Gasteiger partial charge in [0, 0.05) is 12.1 Å². The minimum absolute atomic E-state index is 0.0178. The molecule has 0 atom stereocenters. The van der Waals surface area contributed by atoms with E-state index in [0.717, 1.165) is 49.9 Å². The van der Waals surface area contributed by atoms with E-state index in [9.17, 15) is 22.4 Å². The summed E-state index contributed by atoms with van der Waals surface area (Å²) in [6.07, 6.45) is -1.48. The number of alkyl halides is 3. The Labute approximate surface area is 154 Å². The number of hydrogen-bond acceptors (Lipinski definition) is 2. The normalized spacial score (nSPS) is 20.3. The maximum atomic E-state index is 13.7. The van der Waals surface area contributed by atoms with Crippen LogP contribution in [0.2, 0.25) is 0 Å². The van der Waals surface area contributed by atoms with Gasteiger partial charge in [0.25, 0.3) is 5.91 Å². The highest BCUT2D eigenvalue weighted by molar-refractivity contribution is 6.01. The van der Waals surface area contributed by atoms with Gasteiger partial charge in [0.2, 0.25) is 0 Å². The third-order valence-corrected chi connectivity index (χ3v) is 4.83. The molecule has 1 aliphatic carbocycles. The van der Waals surface area contributed by atoms with Crippen molar-refractivity contribution in [1.82, 2.24) is 5.32 Å². The second kappa shape index (κ2) is 7.68. The van der Waals surface area contributed by atoms with Gasteiger partial charge in [-0.25, -0.2) is 4.39 Å². The third-order valence-electron chi connectivity index (χ3n) is 4.83. The van der Waals surface area contributed by atoms with E-state index < -0.39 is 23.5 Å². The second-order valence-corrected chi connectivity index (χ2v) is 6.85. The first-order chi connectivity index (χ1) is 12.7. The Morgan fingerprint density at radius 1 is 1.04 bits per heavy atom. The molecule has 1 saturated carbocycles. The van der Waals surface area contributed by atoms with Crippen molar-refractivity contribution in [3.63, 3.8) is 0 Å². The Hall–Kier alpha value is -2.41. The lowest BCUT2D eigenvalue weighted by atomic mass is 9.91. The fourth-order valence-corrected chi connectivity index (χ4v) is 3.35. The van der Waals surface area contributed by atoms with Crippen molar-refractivity contribution in [1.29, 1.82) is 0 Å². The van der Waals surface area contributed by atoms with Crippen LogP contribution < -0.4 is 11.1 Å². The predicted octanol–water partition coefficient (Wildman–Crippen LogP) is 4.51. The predicted molar refractivity (Wildman–Crippen MR) is 94.5 cm³/mol. The molecule has 2 aromatic carbocycles. The summed E-state index contributed by atoms with van der Waals surface area (Å²) >= 11 is 0. The second-order valence-electron chi connectivity index (χ2n) is 6.85. The Balaban J connectivity index is 1.91. The van der Waals surface area contributed by atoms with Crippen molar-refractivity contribution in [2.45, 2.75) is 43.9 Å². The first kappa shape index (κ1) is 19.4. The molecule has 1 aliphatic rings. The largest absolute Gasteiger partial charge is 0.416 e. The van der Waals surface area contributed by atoms with Crippen molar-refractivity contribution < 1.29 is 22.4 Å². The fraction of sp³-hybridized carbons (Fsp3) is 0.350. The molecule has 0 bridgehead atoms. The lowest BCUT2D eigenvalue weighted by Gasteiger charge is -2.27. The summed E-state index contributed by atoms with van der Waals surface area (Å²) in [5.74, 6) is -1.12. The molecule has 3 rings (SSSR count). The van der Waals surface area contributed by atoms with Gasteiger partial charge in [0.15, 0.2) is 0 Å². The summed E-state index contributed by atoms with van der Waals surface area (Å²) in [7, 11) is 0. The van der Waals surface area contributed by atoms with E-state index in [4.69, 9.17) is 5.73 Å². The van der Waals surface area contributed by atoms with Crippen molar-refractivity contribution in [3.05, 3.63) is 59.4 Å². The molecule has 1 amide bonds. The molecule has 0 radical (unpaired) electrons. The number of amides is 1. The van der Waals surface area contributed by atoms with Crippen molar-refractivity contribution in [2.24, 2.45) is 5.73 Å². The number of nitrogens with two attached hydrogens (primary N) is 1. The molecular weight excluding hydrogens is 360 g/mol. The Kier molecular flexibility index (Phi) is 5.51. The number of benzene rings is 2. The lowest BCUT2D eigenvalue weighted by molar-refractivity contribution is -0.137. The van der Waals surface area contributed by atoms with E-state index in [0.29, 0.717) is 0 Å². The summed E-state index contributed by atoms with van der Waals surface area (Å²) in [4.78, 5) is 12.7. The Morgan fingerprint density at radius 2 is 1.74 bits per heavy atom. The van der Waals surface area contributed by atoms with Gasteiger partial charge in [0.1, 0.15) is 5.82 Å². The number of carbonyl (C=O) groups excluding carboxylic acids is 1. The van der Waals surface area contributed by atoms with Gasteiger partial charge in [-0.15, -0.1) is 0 Å². The van der Waals surface area contributed by atoms with Gasteiger partial charge in [-0.1, -0.05) is 18.2 Å². The summed E-state index contributed by atoms with van der Waals surface area (Å²) in [5, 5.41) is 2.85. The number of carbonyl (C=O) groups is 1. The minimum Gasteiger partial charge on any atom is -0.349 e. The Bertz CT molecular complexity index is 827.